The van der Waals surface area contributed by atoms with Crippen LogP contribution in [0.4, 0.5) is 0 Å². The van der Waals surface area contributed by atoms with E-state index in [1.165, 1.54) is 57.8 Å². The van der Waals surface area contributed by atoms with Gasteiger partial charge in [-0.1, -0.05) is 71.6 Å². The summed E-state index contributed by atoms with van der Waals surface area (Å²) in [4.78, 5) is 26.7. The summed E-state index contributed by atoms with van der Waals surface area (Å²) in [6, 6.07) is 0. The third-order valence-electron chi connectivity index (χ3n) is 7.34. The van der Waals surface area contributed by atoms with Gasteiger partial charge in [-0.15, -0.1) is 0 Å². The van der Waals surface area contributed by atoms with Crippen molar-refractivity contribution in [3.63, 3.8) is 0 Å². The Morgan fingerprint density at radius 3 is 1.97 bits per heavy atom. The van der Waals surface area contributed by atoms with Gasteiger partial charge in [-0.3, -0.25) is 9.59 Å². The molecular formula is C26H49FeNO4. The number of rotatable bonds is 11. The number of nitrogens with zero attached hydrogens (tertiary/aromatic N) is 1. The molecule has 0 bridgehead atoms. The van der Waals surface area contributed by atoms with Crippen molar-refractivity contribution < 1.29 is 36.1 Å². The van der Waals surface area contributed by atoms with Gasteiger partial charge in [0.1, 0.15) is 6.61 Å². The molecule has 6 heteroatoms. The summed E-state index contributed by atoms with van der Waals surface area (Å²) in [5, 5.41) is 0. The Bertz CT molecular complexity index is 510. The summed E-state index contributed by atoms with van der Waals surface area (Å²) >= 11 is 0. The van der Waals surface area contributed by atoms with E-state index in [0.29, 0.717) is 25.0 Å². The van der Waals surface area contributed by atoms with Crippen molar-refractivity contribution in [3.05, 3.63) is 0 Å². The van der Waals surface area contributed by atoms with E-state index in [2.05, 4.69) is 6.92 Å². The second-order valence-corrected chi connectivity index (χ2v) is 10.2. The topological polar surface area (TPSA) is 55.8 Å². The molecule has 0 aliphatic heterocycles. The predicted octanol–water partition coefficient (Wildman–Crippen LogP) is 5.85. The third-order valence-corrected chi connectivity index (χ3v) is 7.34. The van der Waals surface area contributed by atoms with E-state index in [9.17, 15) is 9.59 Å². The Morgan fingerprint density at radius 1 is 1.00 bits per heavy atom. The number of carbonyl (C=O) groups excluding carboxylic acids is 2. The van der Waals surface area contributed by atoms with Crippen molar-refractivity contribution >= 4 is 11.9 Å². The smallest absolute Gasteiger partial charge is 0.311 e. The van der Waals surface area contributed by atoms with Crippen molar-refractivity contribution in [2.24, 2.45) is 23.2 Å². The van der Waals surface area contributed by atoms with E-state index < -0.39 is 5.41 Å². The molecule has 0 aromatic heterocycles. The SMILES string of the molecule is C1CCCC1.CCC(C)(CC(CC(C)C(=O)N(C)C)C1CCCC1)C(=O)OCCOC.[Fe]. The van der Waals surface area contributed by atoms with Crippen LogP contribution in [-0.4, -0.2) is 51.2 Å². The Morgan fingerprint density at radius 2 is 1.53 bits per heavy atom. The first-order valence-corrected chi connectivity index (χ1v) is 12.6. The van der Waals surface area contributed by atoms with Crippen LogP contribution in [0.2, 0.25) is 0 Å². The van der Waals surface area contributed by atoms with E-state index >= 15 is 0 Å². The van der Waals surface area contributed by atoms with Crippen molar-refractivity contribution in [2.45, 2.75) is 97.8 Å². The van der Waals surface area contributed by atoms with Crippen LogP contribution in [0.5, 0.6) is 0 Å². The second kappa shape index (κ2) is 16.9. The van der Waals surface area contributed by atoms with Gasteiger partial charge in [-0.25, -0.2) is 0 Å². The maximum Gasteiger partial charge on any atom is 0.311 e. The van der Waals surface area contributed by atoms with Crippen molar-refractivity contribution in [2.75, 3.05) is 34.4 Å². The fourth-order valence-corrected chi connectivity index (χ4v) is 5.09. The summed E-state index contributed by atoms with van der Waals surface area (Å²) in [7, 11) is 5.23. The molecule has 0 aromatic rings. The minimum atomic E-state index is -0.498. The average molecular weight is 496 g/mol. The molecular weight excluding hydrogens is 446 g/mol. The number of carbonyl (C=O) groups is 2. The van der Waals surface area contributed by atoms with Gasteiger partial charge in [0.2, 0.25) is 5.91 Å². The van der Waals surface area contributed by atoms with E-state index in [1.807, 2.05) is 27.9 Å². The predicted molar refractivity (Wildman–Crippen MR) is 127 cm³/mol. The van der Waals surface area contributed by atoms with Crippen LogP contribution < -0.4 is 0 Å². The van der Waals surface area contributed by atoms with E-state index in [1.54, 1.807) is 12.0 Å². The summed E-state index contributed by atoms with van der Waals surface area (Å²) in [6.07, 6.45) is 14.8. The van der Waals surface area contributed by atoms with Crippen LogP contribution in [0.15, 0.2) is 0 Å². The zero-order chi connectivity index (χ0) is 23.3. The summed E-state index contributed by atoms with van der Waals surface area (Å²) in [6.45, 7) is 6.81. The van der Waals surface area contributed by atoms with Crippen molar-refractivity contribution in [1.82, 2.24) is 4.90 Å². The second-order valence-electron chi connectivity index (χ2n) is 10.2. The van der Waals surface area contributed by atoms with Gasteiger partial charge in [0.25, 0.3) is 0 Å². The van der Waals surface area contributed by atoms with Crippen molar-refractivity contribution in [1.29, 1.82) is 0 Å². The first-order valence-electron chi connectivity index (χ1n) is 12.6. The maximum atomic E-state index is 12.7. The molecule has 2 aliphatic rings. The zero-order valence-electron chi connectivity index (χ0n) is 21.6. The standard InChI is InChI=1S/C21H39NO4.C5H10.Fe/c1-7-21(3,20(24)26-13-12-25-6)15-18(17-10-8-9-11-17)14-16(2)19(23)22(4)5;1-2-4-5-3-1;/h16-18H,7-15H2,1-6H3;1-5H2;. The van der Waals surface area contributed by atoms with E-state index in [0.717, 1.165) is 19.3 Å². The Hall–Kier alpha value is -0.581. The molecule has 0 heterocycles. The number of amides is 1. The largest absolute Gasteiger partial charge is 0.463 e. The van der Waals surface area contributed by atoms with Gasteiger partial charge in [0.15, 0.2) is 0 Å². The molecule has 2 saturated carbocycles. The molecule has 0 N–H and O–H groups in total. The zero-order valence-corrected chi connectivity index (χ0v) is 22.7. The minimum Gasteiger partial charge on any atom is -0.463 e. The Kier molecular flexibility index (Phi) is 16.6. The van der Waals surface area contributed by atoms with Crippen LogP contribution >= 0.6 is 0 Å². The Balaban J connectivity index is 0.00000140. The minimum absolute atomic E-state index is 0. The molecule has 3 unspecified atom stereocenters. The molecule has 2 aliphatic carbocycles. The average Bonchev–Trinajstić information content (AvgIpc) is 3.49. The van der Waals surface area contributed by atoms with Crippen LogP contribution in [0.1, 0.15) is 97.8 Å². The number of ether oxygens (including phenoxy) is 2. The van der Waals surface area contributed by atoms with Gasteiger partial charge < -0.3 is 14.4 Å². The molecule has 5 nitrogen and oxygen atoms in total. The molecule has 0 radical (unpaired) electrons. The number of hydrogen-bond donors (Lipinski definition) is 0. The van der Waals surface area contributed by atoms with E-state index in [4.69, 9.17) is 9.47 Å². The fraction of sp³-hybridized carbons (Fsp3) is 0.923. The molecule has 3 atom stereocenters. The van der Waals surface area contributed by atoms with Crippen LogP contribution in [0.3, 0.4) is 0 Å². The van der Waals surface area contributed by atoms with E-state index in [-0.39, 0.29) is 34.9 Å². The van der Waals surface area contributed by atoms with Crippen LogP contribution in [-0.2, 0) is 36.1 Å². The fourth-order valence-electron chi connectivity index (χ4n) is 5.09. The van der Waals surface area contributed by atoms with Crippen LogP contribution in [0.25, 0.3) is 0 Å². The molecule has 190 valence electrons. The molecule has 0 aromatic carbocycles. The summed E-state index contributed by atoms with van der Waals surface area (Å²) < 4.78 is 10.4. The molecule has 32 heavy (non-hydrogen) atoms. The maximum absolute atomic E-state index is 12.7. The van der Waals surface area contributed by atoms with Gasteiger partial charge in [0, 0.05) is 44.2 Å². The quantitative estimate of drug-likeness (QED) is 0.205. The van der Waals surface area contributed by atoms with Gasteiger partial charge in [-0.2, -0.15) is 0 Å². The van der Waals surface area contributed by atoms with Crippen molar-refractivity contribution in [3.8, 4) is 0 Å². The van der Waals surface area contributed by atoms with Gasteiger partial charge in [0.05, 0.1) is 12.0 Å². The summed E-state index contributed by atoms with van der Waals surface area (Å²) in [5.41, 5.74) is -0.498. The number of hydrogen-bond acceptors (Lipinski definition) is 4. The first-order chi connectivity index (χ1) is 14.7. The first kappa shape index (κ1) is 31.4. The third kappa shape index (κ3) is 11.0. The normalized spacial score (nSPS) is 19.7. The van der Waals surface area contributed by atoms with Gasteiger partial charge >= 0.3 is 5.97 Å². The van der Waals surface area contributed by atoms with Gasteiger partial charge in [-0.05, 0) is 38.0 Å². The molecule has 2 fully saturated rings. The van der Waals surface area contributed by atoms with Crippen LogP contribution in [0, 0.1) is 23.2 Å². The molecule has 2 rings (SSSR count). The molecule has 0 saturated heterocycles. The molecule has 0 spiro atoms. The molecule has 1 amide bonds. The monoisotopic (exact) mass is 495 g/mol. The number of esters is 1. The Labute approximate surface area is 208 Å². The summed E-state index contributed by atoms with van der Waals surface area (Å²) in [5.74, 6) is 1.03. The number of methoxy groups -OCH3 is 1.